The van der Waals surface area contributed by atoms with E-state index in [0.717, 1.165) is 17.3 Å². The van der Waals surface area contributed by atoms with Gasteiger partial charge in [-0.25, -0.2) is 8.42 Å². The number of nitrogens with one attached hydrogen (secondary N) is 1. The van der Waals surface area contributed by atoms with E-state index in [1.807, 2.05) is 12.1 Å². The Kier molecular flexibility index (Phi) is 5.30. The van der Waals surface area contributed by atoms with E-state index in [4.69, 9.17) is 11.6 Å². The molecule has 0 radical (unpaired) electrons. The first-order valence-electron chi connectivity index (χ1n) is 6.49. The largest absolute Gasteiger partial charge is 0.280 e. The van der Waals surface area contributed by atoms with E-state index >= 15 is 0 Å². The first-order valence-corrected chi connectivity index (χ1v) is 9.14. The smallest absolute Gasteiger partial charge is 0.263 e. The van der Waals surface area contributed by atoms with Gasteiger partial charge >= 0.3 is 0 Å². The number of benzene rings is 2. The Morgan fingerprint density at radius 2 is 1.81 bits per heavy atom. The molecule has 3 nitrogen and oxygen atoms in total. The number of rotatable bonds is 5. The van der Waals surface area contributed by atoms with Gasteiger partial charge in [0, 0.05) is 10.2 Å². The minimum atomic E-state index is -3.69. The number of halogens is 2. The third kappa shape index (κ3) is 4.22. The van der Waals surface area contributed by atoms with Crippen LogP contribution in [0.2, 0.25) is 5.02 Å². The average Bonchev–Trinajstić information content (AvgIpc) is 2.40. The van der Waals surface area contributed by atoms with Gasteiger partial charge in [-0.3, -0.25) is 4.72 Å². The van der Waals surface area contributed by atoms with Crippen molar-refractivity contribution < 1.29 is 8.42 Å². The molecule has 0 aliphatic heterocycles. The van der Waals surface area contributed by atoms with Crippen molar-refractivity contribution in [2.45, 2.75) is 24.7 Å². The quantitative estimate of drug-likeness (QED) is 0.795. The zero-order valence-electron chi connectivity index (χ0n) is 11.4. The number of sulfonamides is 1. The maximum atomic E-state index is 12.3. The molecule has 0 aromatic heterocycles. The van der Waals surface area contributed by atoms with Gasteiger partial charge < -0.3 is 0 Å². The van der Waals surface area contributed by atoms with Crippen LogP contribution in [0.15, 0.2) is 51.8 Å². The van der Waals surface area contributed by atoms with Gasteiger partial charge in [0.25, 0.3) is 10.0 Å². The highest BCUT2D eigenvalue weighted by molar-refractivity contribution is 9.10. The lowest BCUT2D eigenvalue weighted by atomic mass is 10.1. The molecule has 112 valence electrons. The third-order valence-electron chi connectivity index (χ3n) is 2.93. The molecule has 0 bridgehead atoms. The molecule has 0 atom stereocenters. The molecule has 0 aliphatic carbocycles. The molecular weight excluding hydrogens is 374 g/mol. The molecule has 6 heteroatoms. The normalized spacial score (nSPS) is 11.4. The van der Waals surface area contributed by atoms with Gasteiger partial charge in [0.05, 0.1) is 5.02 Å². The lowest BCUT2D eigenvalue weighted by Crippen LogP contribution is -2.13. The third-order valence-corrected chi connectivity index (χ3v) is 5.29. The second kappa shape index (κ2) is 6.81. The summed E-state index contributed by atoms with van der Waals surface area (Å²) < 4.78 is 27.9. The molecule has 2 rings (SSSR count). The Balaban J connectivity index is 2.24. The van der Waals surface area contributed by atoms with Gasteiger partial charge in [-0.2, -0.15) is 0 Å². The van der Waals surface area contributed by atoms with Crippen LogP contribution in [-0.2, 0) is 16.4 Å². The molecule has 0 unspecified atom stereocenters. The summed E-state index contributed by atoms with van der Waals surface area (Å²) in [6, 6.07) is 12.0. The minimum Gasteiger partial charge on any atom is -0.280 e. The standard InChI is InChI=1S/C15H15BrClNO2S/c1-2-3-11-4-7-13(8-5-11)18-21(19,20)15-9-6-12(16)10-14(15)17/h4-10,18H,2-3H2,1H3. The summed E-state index contributed by atoms with van der Waals surface area (Å²) in [5.41, 5.74) is 1.70. The number of anilines is 1. The number of aryl methyl sites for hydroxylation is 1. The van der Waals surface area contributed by atoms with E-state index in [9.17, 15) is 8.42 Å². The second-order valence-corrected chi connectivity index (χ2v) is 7.60. The van der Waals surface area contributed by atoms with Gasteiger partial charge in [0.15, 0.2) is 0 Å². The predicted molar refractivity (Wildman–Crippen MR) is 90.4 cm³/mol. The topological polar surface area (TPSA) is 46.2 Å². The molecule has 0 saturated heterocycles. The molecule has 0 saturated carbocycles. The summed E-state index contributed by atoms with van der Waals surface area (Å²) in [4.78, 5) is 0.0602. The van der Waals surface area contributed by atoms with E-state index in [1.54, 1.807) is 24.3 Å². The maximum Gasteiger partial charge on any atom is 0.263 e. The van der Waals surface area contributed by atoms with Crippen molar-refractivity contribution in [1.29, 1.82) is 0 Å². The van der Waals surface area contributed by atoms with E-state index in [-0.39, 0.29) is 9.92 Å². The predicted octanol–water partition coefficient (Wildman–Crippen LogP) is 4.86. The maximum absolute atomic E-state index is 12.3. The Morgan fingerprint density at radius 1 is 1.14 bits per heavy atom. The van der Waals surface area contributed by atoms with Crippen molar-refractivity contribution in [1.82, 2.24) is 0 Å². The lowest BCUT2D eigenvalue weighted by Gasteiger charge is -2.10. The van der Waals surface area contributed by atoms with Crippen molar-refractivity contribution >= 4 is 43.2 Å². The fraction of sp³-hybridized carbons (Fsp3) is 0.200. The zero-order valence-corrected chi connectivity index (χ0v) is 14.6. The van der Waals surface area contributed by atoms with Crippen LogP contribution in [0.5, 0.6) is 0 Å². The Morgan fingerprint density at radius 3 is 2.38 bits per heavy atom. The summed E-state index contributed by atoms with van der Waals surface area (Å²) >= 11 is 9.25. The van der Waals surface area contributed by atoms with Crippen molar-refractivity contribution in [3.05, 3.63) is 57.5 Å². The fourth-order valence-corrected chi connectivity index (χ4v) is 4.03. The average molecular weight is 389 g/mol. The van der Waals surface area contributed by atoms with Gasteiger partial charge in [-0.15, -0.1) is 0 Å². The zero-order chi connectivity index (χ0) is 15.5. The van der Waals surface area contributed by atoms with E-state index in [1.165, 1.54) is 11.6 Å². The molecule has 0 spiro atoms. The van der Waals surface area contributed by atoms with Gasteiger partial charge in [-0.05, 0) is 42.3 Å². The minimum absolute atomic E-state index is 0.0602. The van der Waals surface area contributed by atoms with Crippen LogP contribution in [0.4, 0.5) is 5.69 Å². The first-order chi connectivity index (χ1) is 9.92. The summed E-state index contributed by atoms with van der Waals surface area (Å²) in [6.45, 7) is 2.10. The molecule has 2 aromatic rings. The molecule has 0 amide bonds. The molecular formula is C15H15BrClNO2S. The first kappa shape index (κ1) is 16.3. The van der Waals surface area contributed by atoms with Crippen LogP contribution in [0.25, 0.3) is 0 Å². The summed E-state index contributed by atoms with van der Waals surface area (Å²) in [5.74, 6) is 0. The Hall–Kier alpha value is -1.04. The number of hydrogen-bond donors (Lipinski definition) is 1. The molecule has 0 heterocycles. The van der Waals surface area contributed by atoms with Gasteiger partial charge in [-0.1, -0.05) is 53.0 Å². The summed E-state index contributed by atoms with van der Waals surface area (Å²) in [6.07, 6.45) is 2.03. The van der Waals surface area contributed by atoms with E-state index in [2.05, 4.69) is 27.6 Å². The van der Waals surface area contributed by atoms with Gasteiger partial charge in [0.1, 0.15) is 4.90 Å². The molecule has 1 N–H and O–H groups in total. The van der Waals surface area contributed by atoms with Gasteiger partial charge in [0.2, 0.25) is 0 Å². The second-order valence-electron chi connectivity index (χ2n) is 4.63. The number of hydrogen-bond acceptors (Lipinski definition) is 2. The van der Waals surface area contributed by atoms with Crippen LogP contribution in [0.1, 0.15) is 18.9 Å². The van der Waals surface area contributed by atoms with E-state index < -0.39 is 10.0 Å². The van der Waals surface area contributed by atoms with E-state index in [0.29, 0.717) is 5.69 Å². The Labute approximate surface area is 138 Å². The summed E-state index contributed by atoms with van der Waals surface area (Å²) in [5, 5.41) is 0.180. The van der Waals surface area contributed by atoms with Crippen LogP contribution in [-0.4, -0.2) is 8.42 Å². The van der Waals surface area contributed by atoms with Crippen molar-refractivity contribution in [2.75, 3.05) is 4.72 Å². The lowest BCUT2D eigenvalue weighted by molar-refractivity contribution is 0.601. The van der Waals surface area contributed by atoms with Crippen molar-refractivity contribution in [2.24, 2.45) is 0 Å². The van der Waals surface area contributed by atoms with Crippen molar-refractivity contribution in [3.8, 4) is 0 Å². The summed E-state index contributed by atoms with van der Waals surface area (Å²) in [7, 11) is -3.69. The highest BCUT2D eigenvalue weighted by Gasteiger charge is 2.18. The SMILES string of the molecule is CCCc1ccc(NS(=O)(=O)c2ccc(Br)cc2Cl)cc1. The fourth-order valence-electron chi connectivity index (χ4n) is 1.93. The van der Waals surface area contributed by atoms with Crippen LogP contribution >= 0.6 is 27.5 Å². The molecule has 0 fully saturated rings. The monoisotopic (exact) mass is 387 g/mol. The van der Waals surface area contributed by atoms with Crippen LogP contribution in [0, 0.1) is 0 Å². The van der Waals surface area contributed by atoms with Crippen LogP contribution < -0.4 is 4.72 Å². The van der Waals surface area contributed by atoms with Crippen LogP contribution in [0.3, 0.4) is 0 Å². The highest BCUT2D eigenvalue weighted by Crippen LogP contribution is 2.27. The highest BCUT2D eigenvalue weighted by atomic mass is 79.9. The molecule has 2 aromatic carbocycles. The molecule has 0 aliphatic rings. The van der Waals surface area contributed by atoms with Crippen molar-refractivity contribution in [3.63, 3.8) is 0 Å². The Bertz CT molecular complexity index is 730. The molecule has 21 heavy (non-hydrogen) atoms.